The quantitative estimate of drug-likeness (QED) is 0.705. The van der Waals surface area contributed by atoms with E-state index in [0.29, 0.717) is 0 Å². The van der Waals surface area contributed by atoms with Crippen molar-refractivity contribution in [2.24, 2.45) is 5.73 Å². The Morgan fingerprint density at radius 3 is 2.75 bits per heavy atom. The van der Waals surface area contributed by atoms with E-state index < -0.39 is 11.1 Å². The molecule has 0 radical (unpaired) electrons. The number of hydrogen-bond acceptors (Lipinski definition) is 3. The van der Waals surface area contributed by atoms with Crippen LogP contribution < -0.4 is 5.73 Å². The van der Waals surface area contributed by atoms with Gasteiger partial charge in [0.2, 0.25) is 0 Å². The van der Waals surface area contributed by atoms with E-state index in [1.165, 1.54) is 0 Å². The lowest BCUT2D eigenvalue weighted by Crippen LogP contribution is -2.58. The van der Waals surface area contributed by atoms with Gasteiger partial charge in [0, 0.05) is 11.3 Å². The number of nitrogens with two attached hydrogens (primary N) is 1. The molecule has 1 saturated heterocycles. The number of hydrogen-bond donors (Lipinski definition) is 2. The third kappa shape index (κ3) is 1.78. The zero-order valence-electron chi connectivity index (χ0n) is 7.97. The van der Waals surface area contributed by atoms with Crippen molar-refractivity contribution < 1.29 is 5.11 Å². The Morgan fingerprint density at radius 1 is 1.67 bits per heavy atom. The Morgan fingerprint density at radius 2 is 2.33 bits per heavy atom. The van der Waals surface area contributed by atoms with E-state index in [-0.39, 0.29) is 0 Å². The molecule has 1 heterocycles. The number of thioether (sulfide) groups is 1. The molecule has 2 unspecified atom stereocenters. The third-order valence-electron chi connectivity index (χ3n) is 2.83. The molecule has 0 aliphatic carbocycles. The van der Waals surface area contributed by atoms with Crippen LogP contribution in [0.5, 0.6) is 0 Å². The molecule has 0 aromatic rings. The number of rotatable bonds is 3. The van der Waals surface area contributed by atoms with E-state index in [9.17, 15) is 5.11 Å². The molecular formula is C9H19NOS. The molecule has 0 aromatic carbocycles. The summed E-state index contributed by atoms with van der Waals surface area (Å²) in [5.74, 6) is 1.85. The lowest BCUT2D eigenvalue weighted by Gasteiger charge is -2.39. The van der Waals surface area contributed by atoms with Gasteiger partial charge in [-0.15, -0.1) is 0 Å². The first-order chi connectivity index (χ1) is 5.52. The Bertz CT molecular complexity index is 153. The van der Waals surface area contributed by atoms with Gasteiger partial charge in [0.15, 0.2) is 0 Å². The monoisotopic (exact) mass is 189 g/mol. The summed E-state index contributed by atoms with van der Waals surface area (Å²) in [7, 11) is 0. The molecule has 0 aromatic heterocycles. The highest BCUT2D eigenvalue weighted by molar-refractivity contribution is 7.99. The summed E-state index contributed by atoms with van der Waals surface area (Å²) in [5.41, 5.74) is 5.09. The van der Waals surface area contributed by atoms with E-state index in [4.69, 9.17) is 5.73 Å². The molecule has 0 bridgehead atoms. The largest absolute Gasteiger partial charge is 0.387 e. The fraction of sp³-hybridized carbons (Fsp3) is 1.00. The van der Waals surface area contributed by atoms with Gasteiger partial charge in [-0.2, -0.15) is 11.8 Å². The molecule has 3 heteroatoms. The van der Waals surface area contributed by atoms with Crippen molar-refractivity contribution in [3.63, 3.8) is 0 Å². The topological polar surface area (TPSA) is 46.2 Å². The van der Waals surface area contributed by atoms with Gasteiger partial charge in [0.05, 0.1) is 5.60 Å². The zero-order valence-corrected chi connectivity index (χ0v) is 8.78. The zero-order chi connectivity index (χ0) is 9.24. The minimum absolute atomic E-state index is 0.398. The van der Waals surface area contributed by atoms with E-state index in [2.05, 4.69) is 6.92 Å². The van der Waals surface area contributed by atoms with Gasteiger partial charge in [-0.25, -0.2) is 0 Å². The molecule has 0 amide bonds. The molecule has 0 spiro atoms. The van der Waals surface area contributed by atoms with E-state index in [1.54, 1.807) is 11.8 Å². The van der Waals surface area contributed by atoms with Crippen LogP contribution in [0.4, 0.5) is 0 Å². The SMILES string of the molecule is CCCC(C)(N)C1(O)CCSC1. The first kappa shape index (κ1) is 10.4. The molecular weight excluding hydrogens is 170 g/mol. The Balaban J connectivity index is 2.64. The van der Waals surface area contributed by atoms with Crippen molar-refractivity contribution in [2.45, 2.75) is 44.2 Å². The van der Waals surface area contributed by atoms with Crippen molar-refractivity contribution in [3.05, 3.63) is 0 Å². The molecule has 72 valence electrons. The van der Waals surface area contributed by atoms with Crippen LogP contribution in [0.2, 0.25) is 0 Å². The second kappa shape index (κ2) is 3.56. The highest BCUT2D eigenvalue weighted by atomic mass is 32.2. The lowest BCUT2D eigenvalue weighted by atomic mass is 9.78. The highest BCUT2D eigenvalue weighted by Gasteiger charge is 2.45. The van der Waals surface area contributed by atoms with Crippen LogP contribution in [-0.2, 0) is 0 Å². The maximum absolute atomic E-state index is 10.2. The molecule has 0 saturated carbocycles. The van der Waals surface area contributed by atoms with Gasteiger partial charge in [0.1, 0.15) is 0 Å². The second-order valence-electron chi connectivity index (χ2n) is 4.00. The second-order valence-corrected chi connectivity index (χ2v) is 5.11. The van der Waals surface area contributed by atoms with Crippen molar-refractivity contribution in [1.82, 2.24) is 0 Å². The van der Waals surface area contributed by atoms with Crippen LogP contribution in [0.1, 0.15) is 33.1 Å². The van der Waals surface area contributed by atoms with E-state index in [0.717, 1.165) is 30.8 Å². The summed E-state index contributed by atoms with van der Waals surface area (Å²) in [4.78, 5) is 0. The van der Waals surface area contributed by atoms with Crippen molar-refractivity contribution in [1.29, 1.82) is 0 Å². The van der Waals surface area contributed by atoms with Crippen LogP contribution >= 0.6 is 11.8 Å². The van der Waals surface area contributed by atoms with E-state index >= 15 is 0 Å². The van der Waals surface area contributed by atoms with Gasteiger partial charge in [-0.1, -0.05) is 13.3 Å². The molecule has 12 heavy (non-hydrogen) atoms. The summed E-state index contributed by atoms with van der Waals surface area (Å²) >= 11 is 1.80. The molecule has 1 rings (SSSR count). The summed E-state index contributed by atoms with van der Waals surface area (Å²) < 4.78 is 0. The van der Waals surface area contributed by atoms with Crippen molar-refractivity contribution >= 4 is 11.8 Å². The van der Waals surface area contributed by atoms with Crippen LogP contribution in [-0.4, -0.2) is 27.8 Å². The van der Waals surface area contributed by atoms with Gasteiger partial charge < -0.3 is 10.8 Å². The highest BCUT2D eigenvalue weighted by Crippen LogP contribution is 2.37. The van der Waals surface area contributed by atoms with Crippen LogP contribution in [0.25, 0.3) is 0 Å². The molecule has 2 atom stereocenters. The summed E-state index contributed by atoms with van der Waals surface area (Å²) in [5, 5.41) is 10.2. The molecule has 3 N–H and O–H groups in total. The fourth-order valence-electron chi connectivity index (χ4n) is 1.76. The third-order valence-corrected chi connectivity index (χ3v) is 4.01. The molecule has 2 nitrogen and oxygen atoms in total. The van der Waals surface area contributed by atoms with Crippen LogP contribution in [0, 0.1) is 0 Å². The number of aliphatic hydroxyl groups is 1. The smallest absolute Gasteiger partial charge is 0.0921 e. The lowest BCUT2D eigenvalue weighted by molar-refractivity contribution is -0.00849. The minimum Gasteiger partial charge on any atom is -0.387 e. The first-order valence-corrected chi connectivity index (χ1v) is 5.76. The van der Waals surface area contributed by atoms with Gasteiger partial charge >= 0.3 is 0 Å². The molecule has 1 fully saturated rings. The first-order valence-electron chi connectivity index (χ1n) is 4.61. The van der Waals surface area contributed by atoms with Crippen molar-refractivity contribution in [2.75, 3.05) is 11.5 Å². The molecule has 1 aliphatic heterocycles. The minimum atomic E-state index is -0.617. The maximum atomic E-state index is 10.2. The average molecular weight is 189 g/mol. The standard InChI is InChI=1S/C9H19NOS/c1-3-4-8(2,10)9(11)5-6-12-7-9/h11H,3-7,10H2,1-2H3. The summed E-state index contributed by atoms with van der Waals surface area (Å²) in [6, 6.07) is 0. The molecule has 1 aliphatic rings. The predicted molar refractivity (Wildman–Crippen MR) is 54.4 cm³/mol. The van der Waals surface area contributed by atoms with E-state index in [1.807, 2.05) is 6.92 Å². The normalized spacial score (nSPS) is 35.0. The van der Waals surface area contributed by atoms with Gasteiger partial charge in [-0.05, 0) is 25.5 Å². The Labute approximate surface area is 78.9 Å². The maximum Gasteiger partial charge on any atom is 0.0921 e. The van der Waals surface area contributed by atoms with Crippen LogP contribution in [0.15, 0.2) is 0 Å². The summed E-state index contributed by atoms with van der Waals surface area (Å²) in [6.45, 7) is 4.08. The van der Waals surface area contributed by atoms with Gasteiger partial charge in [-0.3, -0.25) is 0 Å². The Kier molecular flexibility index (Phi) is 3.07. The summed E-state index contributed by atoms with van der Waals surface area (Å²) in [6.07, 6.45) is 2.80. The van der Waals surface area contributed by atoms with Gasteiger partial charge in [0.25, 0.3) is 0 Å². The van der Waals surface area contributed by atoms with Crippen molar-refractivity contribution in [3.8, 4) is 0 Å². The Hall–Kier alpha value is 0.270. The predicted octanol–water partition coefficient (Wildman–Crippen LogP) is 1.37. The average Bonchev–Trinajstić information content (AvgIpc) is 2.37. The van der Waals surface area contributed by atoms with Crippen LogP contribution in [0.3, 0.4) is 0 Å². The fourth-order valence-corrected chi connectivity index (χ4v) is 3.19.